The summed E-state index contributed by atoms with van der Waals surface area (Å²) in [5.74, 6) is -0.332. The highest BCUT2D eigenvalue weighted by Crippen LogP contribution is 2.28. The molecule has 0 aliphatic carbocycles. The minimum Gasteiger partial charge on any atom is -0.299 e. The highest BCUT2D eigenvalue weighted by Gasteiger charge is 2.38. The van der Waals surface area contributed by atoms with Gasteiger partial charge in [-0.05, 0) is 31.5 Å². The van der Waals surface area contributed by atoms with Crippen LogP contribution in [0, 0.1) is 6.92 Å². The predicted molar refractivity (Wildman–Crippen MR) is 68.0 cm³/mol. The largest absolute Gasteiger partial charge is 0.299 e. The van der Waals surface area contributed by atoms with Gasteiger partial charge in [0.1, 0.15) is 0 Å². The molecule has 0 saturated carbocycles. The number of ketones is 1. The van der Waals surface area contributed by atoms with E-state index in [1.807, 2.05) is 19.1 Å². The maximum Gasteiger partial charge on any atom is 0.170 e. The zero-order chi connectivity index (χ0) is 13.2. The summed E-state index contributed by atoms with van der Waals surface area (Å²) in [6.45, 7) is 5.39. The number of carbonyl (C=O) groups is 1. The predicted octanol–water partition coefficient (Wildman–Crippen LogP) is 2.28. The number of hydrogen-bond acceptors (Lipinski definition) is 3. The second-order valence-electron chi connectivity index (χ2n) is 5.10. The summed E-state index contributed by atoms with van der Waals surface area (Å²) >= 11 is 0. The van der Waals surface area contributed by atoms with E-state index < -0.39 is 5.67 Å². The molecular formula is C14H19FN2O. The van der Waals surface area contributed by atoms with Crippen molar-refractivity contribution >= 4 is 5.78 Å². The first-order chi connectivity index (χ1) is 8.49. The summed E-state index contributed by atoms with van der Waals surface area (Å²) in [5, 5.41) is 0. The molecule has 3 nitrogen and oxygen atoms in total. The van der Waals surface area contributed by atoms with Crippen LogP contribution in [-0.4, -0.2) is 34.4 Å². The van der Waals surface area contributed by atoms with Gasteiger partial charge in [0.05, 0.1) is 0 Å². The average molecular weight is 250 g/mol. The van der Waals surface area contributed by atoms with Gasteiger partial charge in [0, 0.05) is 44.4 Å². The highest BCUT2D eigenvalue weighted by atomic mass is 19.1. The van der Waals surface area contributed by atoms with E-state index in [2.05, 4.69) is 9.88 Å². The number of nitrogens with zero attached hydrogens (tertiary/aromatic N) is 2. The van der Waals surface area contributed by atoms with Crippen molar-refractivity contribution in [2.75, 3.05) is 13.1 Å². The first-order valence-corrected chi connectivity index (χ1v) is 6.33. The molecule has 0 atom stereocenters. The number of halogens is 1. The van der Waals surface area contributed by atoms with Crippen LogP contribution in [0.5, 0.6) is 0 Å². The summed E-state index contributed by atoms with van der Waals surface area (Å²) < 4.78 is 14.1. The minimum atomic E-state index is -1.59. The van der Waals surface area contributed by atoms with Crippen molar-refractivity contribution in [3.8, 4) is 0 Å². The van der Waals surface area contributed by atoms with Crippen LogP contribution in [0.15, 0.2) is 18.3 Å². The van der Waals surface area contributed by atoms with Gasteiger partial charge in [0.2, 0.25) is 0 Å². The monoisotopic (exact) mass is 250 g/mol. The van der Waals surface area contributed by atoms with E-state index in [4.69, 9.17) is 0 Å². The minimum absolute atomic E-state index is 0.312. The van der Waals surface area contributed by atoms with Gasteiger partial charge in [-0.2, -0.15) is 0 Å². The van der Waals surface area contributed by atoms with Crippen molar-refractivity contribution in [1.29, 1.82) is 0 Å². The molecule has 0 aromatic carbocycles. The van der Waals surface area contributed by atoms with Crippen molar-refractivity contribution in [3.63, 3.8) is 0 Å². The van der Waals surface area contributed by atoms with Gasteiger partial charge >= 0.3 is 0 Å². The highest BCUT2D eigenvalue weighted by molar-refractivity contribution is 5.84. The molecule has 0 radical (unpaired) electrons. The van der Waals surface area contributed by atoms with Gasteiger partial charge in [-0.15, -0.1) is 0 Å². The van der Waals surface area contributed by atoms with Crippen LogP contribution in [0.3, 0.4) is 0 Å². The van der Waals surface area contributed by atoms with E-state index in [1.54, 1.807) is 6.20 Å². The molecule has 1 fully saturated rings. The Bertz CT molecular complexity index is 439. The third-order valence-corrected chi connectivity index (χ3v) is 3.65. The number of piperidine rings is 1. The molecule has 0 amide bonds. The maximum absolute atomic E-state index is 14.1. The fourth-order valence-corrected chi connectivity index (χ4v) is 2.38. The average Bonchev–Trinajstić information content (AvgIpc) is 2.32. The molecule has 1 aliphatic heterocycles. The fourth-order valence-electron chi connectivity index (χ4n) is 2.38. The van der Waals surface area contributed by atoms with Crippen LogP contribution < -0.4 is 0 Å². The van der Waals surface area contributed by atoms with Crippen LogP contribution >= 0.6 is 0 Å². The van der Waals surface area contributed by atoms with Crippen molar-refractivity contribution < 1.29 is 9.18 Å². The van der Waals surface area contributed by atoms with Crippen LogP contribution in [0.1, 0.15) is 31.0 Å². The number of aromatic nitrogens is 1. The topological polar surface area (TPSA) is 33.2 Å². The van der Waals surface area contributed by atoms with E-state index in [9.17, 15) is 9.18 Å². The SMILES string of the molecule is CC(=O)C1(F)CCN(Cc2ccnc(C)c2)CC1. The number of hydrogen-bond donors (Lipinski definition) is 0. The lowest BCUT2D eigenvalue weighted by molar-refractivity contribution is -0.131. The molecule has 0 bridgehead atoms. The van der Waals surface area contributed by atoms with Crippen molar-refractivity contribution in [1.82, 2.24) is 9.88 Å². The van der Waals surface area contributed by atoms with Crippen molar-refractivity contribution in [3.05, 3.63) is 29.6 Å². The normalized spacial score (nSPS) is 19.7. The molecule has 4 heteroatoms. The standard InChI is InChI=1S/C14H19FN2O/c1-11-9-13(3-6-16-11)10-17-7-4-14(15,5-8-17)12(2)18/h3,6,9H,4-5,7-8,10H2,1-2H3. The van der Waals surface area contributed by atoms with Gasteiger partial charge < -0.3 is 0 Å². The number of pyridine rings is 1. The summed E-state index contributed by atoms with van der Waals surface area (Å²) in [5.41, 5.74) is 0.592. The van der Waals surface area contributed by atoms with Crippen LogP contribution in [0.4, 0.5) is 4.39 Å². The van der Waals surface area contributed by atoms with E-state index >= 15 is 0 Å². The third-order valence-electron chi connectivity index (χ3n) is 3.65. The molecule has 2 rings (SSSR count). The molecule has 0 unspecified atom stereocenters. The number of Topliss-reactive ketones (excluding diaryl/α,β-unsaturated/α-hetero) is 1. The van der Waals surface area contributed by atoms with Gasteiger partial charge in [-0.25, -0.2) is 4.39 Å². The van der Waals surface area contributed by atoms with Gasteiger partial charge in [-0.3, -0.25) is 14.7 Å². The Hall–Kier alpha value is -1.29. The molecule has 1 aromatic heterocycles. The lowest BCUT2D eigenvalue weighted by atomic mass is 9.89. The Kier molecular flexibility index (Phi) is 3.76. The maximum atomic E-state index is 14.1. The lowest BCUT2D eigenvalue weighted by Crippen LogP contribution is -2.45. The number of likely N-dealkylation sites (tertiary alicyclic amines) is 1. The zero-order valence-electron chi connectivity index (χ0n) is 10.9. The number of rotatable bonds is 3. The smallest absolute Gasteiger partial charge is 0.170 e. The first-order valence-electron chi connectivity index (χ1n) is 6.33. The van der Waals surface area contributed by atoms with Crippen LogP contribution in [-0.2, 0) is 11.3 Å². The van der Waals surface area contributed by atoms with Crippen LogP contribution in [0.2, 0.25) is 0 Å². The summed E-state index contributed by atoms with van der Waals surface area (Å²) in [6.07, 6.45) is 2.42. The van der Waals surface area contributed by atoms with Crippen molar-refractivity contribution in [2.24, 2.45) is 0 Å². The second-order valence-corrected chi connectivity index (χ2v) is 5.10. The lowest BCUT2D eigenvalue weighted by Gasteiger charge is -2.34. The summed E-state index contributed by atoms with van der Waals surface area (Å²) in [6, 6.07) is 4.03. The summed E-state index contributed by atoms with van der Waals surface area (Å²) in [7, 11) is 0. The number of carbonyl (C=O) groups excluding carboxylic acids is 1. The molecule has 1 saturated heterocycles. The van der Waals surface area contributed by atoms with Crippen LogP contribution in [0.25, 0.3) is 0 Å². The molecule has 0 spiro atoms. The Morgan fingerprint density at radius 2 is 2.17 bits per heavy atom. The zero-order valence-corrected chi connectivity index (χ0v) is 10.9. The molecule has 98 valence electrons. The third kappa shape index (κ3) is 2.93. The van der Waals surface area contributed by atoms with Gasteiger partial charge in [0.15, 0.2) is 11.5 Å². The van der Waals surface area contributed by atoms with E-state index in [0.717, 1.165) is 12.2 Å². The van der Waals surface area contributed by atoms with E-state index in [1.165, 1.54) is 12.5 Å². The number of aryl methyl sites for hydroxylation is 1. The Morgan fingerprint density at radius 3 is 2.72 bits per heavy atom. The summed E-state index contributed by atoms with van der Waals surface area (Å²) in [4.78, 5) is 17.6. The second kappa shape index (κ2) is 5.14. The molecule has 1 aromatic rings. The van der Waals surface area contributed by atoms with E-state index in [0.29, 0.717) is 25.9 Å². The molecule has 1 aliphatic rings. The molecule has 0 N–H and O–H groups in total. The van der Waals surface area contributed by atoms with Gasteiger partial charge in [0.25, 0.3) is 0 Å². The van der Waals surface area contributed by atoms with E-state index in [-0.39, 0.29) is 5.78 Å². The molecule has 2 heterocycles. The number of alkyl halides is 1. The van der Waals surface area contributed by atoms with Gasteiger partial charge in [-0.1, -0.05) is 0 Å². The molecule has 18 heavy (non-hydrogen) atoms. The Morgan fingerprint density at radius 1 is 1.50 bits per heavy atom. The fraction of sp³-hybridized carbons (Fsp3) is 0.571. The Labute approximate surface area is 107 Å². The quantitative estimate of drug-likeness (QED) is 0.825. The first kappa shape index (κ1) is 13.1. The molecular weight excluding hydrogens is 231 g/mol. The Balaban J connectivity index is 1.93. The van der Waals surface area contributed by atoms with Crippen molar-refractivity contribution in [2.45, 2.75) is 38.9 Å².